The minimum absolute atomic E-state index is 0. The molecular weight excluding hydrogens is 294 g/mol. The summed E-state index contributed by atoms with van der Waals surface area (Å²) in [6.45, 7) is 2.68. The molecule has 2 nitrogen and oxygen atoms in total. The third-order valence-corrected chi connectivity index (χ3v) is 3.48. The summed E-state index contributed by atoms with van der Waals surface area (Å²) in [5.41, 5.74) is 6.81. The summed E-state index contributed by atoms with van der Waals surface area (Å²) < 4.78 is 14.0. The van der Waals surface area contributed by atoms with Crippen LogP contribution in [0.3, 0.4) is 0 Å². The average Bonchev–Trinajstić information content (AvgIpc) is 2.58. The molecule has 1 heterocycles. The first-order chi connectivity index (χ1) is 7.15. The predicted octanol–water partition coefficient (Wildman–Crippen LogP) is 2.54. The Labute approximate surface area is 110 Å². The molecule has 1 atom stereocenters. The number of likely N-dealkylation sites (tertiary alicyclic amines) is 1. The van der Waals surface area contributed by atoms with Gasteiger partial charge in [0.15, 0.2) is 0 Å². The van der Waals surface area contributed by atoms with Gasteiger partial charge in [0, 0.05) is 30.1 Å². The van der Waals surface area contributed by atoms with Crippen molar-refractivity contribution in [3.05, 3.63) is 34.1 Å². The molecule has 90 valence electrons. The fraction of sp³-hybridized carbons (Fsp3) is 0.455. The molecular formula is C11H15BrClFN2. The van der Waals surface area contributed by atoms with E-state index in [1.165, 1.54) is 6.07 Å². The first-order valence-corrected chi connectivity index (χ1v) is 5.86. The van der Waals surface area contributed by atoms with Gasteiger partial charge in [-0.2, -0.15) is 0 Å². The van der Waals surface area contributed by atoms with Crippen molar-refractivity contribution in [2.24, 2.45) is 5.73 Å². The van der Waals surface area contributed by atoms with Crippen LogP contribution < -0.4 is 5.73 Å². The molecule has 0 unspecified atom stereocenters. The Kier molecular flexibility index (Phi) is 5.18. The van der Waals surface area contributed by atoms with Crippen LogP contribution in [-0.4, -0.2) is 24.0 Å². The van der Waals surface area contributed by atoms with Crippen LogP contribution in [0.1, 0.15) is 12.0 Å². The summed E-state index contributed by atoms with van der Waals surface area (Å²) in [6, 6.07) is 5.06. The van der Waals surface area contributed by atoms with Gasteiger partial charge in [0.05, 0.1) is 0 Å². The molecule has 0 aliphatic carbocycles. The normalized spacial score (nSPS) is 20.8. The molecule has 1 saturated heterocycles. The minimum Gasteiger partial charge on any atom is -0.326 e. The van der Waals surface area contributed by atoms with E-state index < -0.39 is 0 Å². The van der Waals surface area contributed by atoms with E-state index in [4.69, 9.17) is 5.73 Å². The first-order valence-electron chi connectivity index (χ1n) is 5.07. The maximum Gasteiger partial charge on any atom is 0.123 e. The van der Waals surface area contributed by atoms with Crippen LogP contribution in [0.2, 0.25) is 0 Å². The van der Waals surface area contributed by atoms with Crippen molar-refractivity contribution in [3.63, 3.8) is 0 Å². The fourth-order valence-corrected chi connectivity index (χ4v) is 2.28. The van der Waals surface area contributed by atoms with E-state index in [9.17, 15) is 4.39 Å². The van der Waals surface area contributed by atoms with Crippen LogP contribution >= 0.6 is 28.3 Å². The number of nitrogens with two attached hydrogens (primary N) is 1. The Hall–Kier alpha value is -0.160. The Balaban J connectivity index is 0.00000128. The number of nitrogens with zero attached hydrogens (tertiary/aromatic N) is 1. The van der Waals surface area contributed by atoms with Crippen LogP contribution in [-0.2, 0) is 6.54 Å². The minimum atomic E-state index is -0.184. The van der Waals surface area contributed by atoms with Gasteiger partial charge in [0.25, 0.3) is 0 Å². The SMILES string of the molecule is Cl.N[C@H]1CCN(Cc2cc(F)ccc2Br)C1. The number of hydrogen-bond donors (Lipinski definition) is 1. The van der Waals surface area contributed by atoms with Gasteiger partial charge in [-0.1, -0.05) is 15.9 Å². The highest BCUT2D eigenvalue weighted by Gasteiger charge is 2.19. The van der Waals surface area contributed by atoms with Crippen molar-refractivity contribution < 1.29 is 4.39 Å². The number of rotatable bonds is 2. The fourth-order valence-electron chi connectivity index (χ4n) is 1.91. The Morgan fingerprint density at radius 2 is 2.25 bits per heavy atom. The highest BCUT2D eigenvalue weighted by Crippen LogP contribution is 2.21. The molecule has 0 radical (unpaired) electrons. The van der Waals surface area contributed by atoms with Gasteiger partial charge in [-0.25, -0.2) is 4.39 Å². The molecule has 1 fully saturated rings. The van der Waals surface area contributed by atoms with E-state index in [1.807, 2.05) is 0 Å². The number of benzene rings is 1. The van der Waals surface area contributed by atoms with E-state index in [0.717, 1.165) is 36.1 Å². The number of hydrogen-bond acceptors (Lipinski definition) is 2. The molecule has 2 rings (SSSR count). The lowest BCUT2D eigenvalue weighted by Gasteiger charge is -2.16. The first kappa shape index (κ1) is 13.9. The van der Waals surface area contributed by atoms with Gasteiger partial charge < -0.3 is 5.73 Å². The topological polar surface area (TPSA) is 29.3 Å². The van der Waals surface area contributed by atoms with Crippen LogP contribution in [0.25, 0.3) is 0 Å². The molecule has 1 aliphatic heterocycles. The quantitative estimate of drug-likeness (QED) is 0.910. The summed E-state index contributed by atoms with van der Waals surface area (Å²) in [5, 5.41) is 0. The van der Waals surface area contributed by atoms with Crippen molar-refractivity contribution >= 4 is 28.3 Å². The molecule has 0 spiro atoms. The molecule has 0 saturated carbocycles. The lowest BCUT2D eigenvalue weighted by molar-refractivity contribution is 0.325. The van der Waals surface area contributed by atoms with Crippen molar-refractivity contribution in [2.45, 2.75) is 19.0 Å². The Morgan fingerprint density at radius 3 is 2.88 bits per heavy atom. The highest BCUT2D eigenvalue weighted by molar-refractivity contribution is 9.10. The van der Waals surface area contributed by atoms with Gasteiger partial charge in [-0.3, -0.25) is 4.90 Å². The smallest absolute Gasteiger partial charge is 0.123 e. The molecule has 16 heavy (non-hydrogen) atoms. The monoisotopic (exact) mass is 308 g/mol. The van der Waals surface area contributed by atoms with Crippen LogP contribution in [0.15, 0.2) is 22.7 Å². The second-order valence-electron chi connectivity index (χ2n) is 4.02. The third-order valence-electron chi connectivity index (χ3n) is 2.71. The zero-order valence-electron chi connectivity index (χ0n) is 8.83. The molecule has 5 heteroatoms. The van der Waals surface area contributed by atoms with Gasteiger partial charge in [-0.05, 0) is 30.2 Å². The van der Waals surface area contributed by atoms with Gasteiger partial charge in [-0.15, -0.1) is 12.4 Å². The lowest BCUT2D eigenvalue weighted by Crippen LogP contribution is -2.26. The summed E-state index contributed by atoms with van der Waals surface area (Å²) in [7, 11) is 0. The van der Waals surface area contributed by atoms with Crippen molar-refractivity contribution in [2.75, 3.05) is 13.1 Å². The Bertz CT molecular complexity index is 362. The van der Waals surface area contributed by atoms with Crippen molar-refractivity contribution in [3.8, 4) is 0 Å². The molecule has 0 aromatic heterocycles. The largest absolute Gasteiger partial charge is 0.326 e. The molecule has 0 amide bonds. The molecule has 0 bridgehead atoms. The maximum atomic E-state index is 13.0. The van der Waals surface area contributed by atoms with Crippen LogP contribution in [0, 0.1) is 5.82 Å². The molecule has 1 aromatic rings. The standard InChI is InChI=1S/C11H14BrFN2.ClH/c12-11-2-1-9(13)5-8(11)6-15-4-3-10(14)7-15;/h1-2,5,10H,3-4,6-7,14H2;1H/t10-;/m0./s1. The van der Waals surface area contributed by atoms with E-state index >= 15 is 0 Å². The van der Waals surface area contributed by atoms with E-state index in [-0.39, 0.29) is 24.3 Å². The van der Waals surface area contributed by atoms with Gasteiger partial charge in [0.1, 0.15) is 5.82 Å². The van der Waals surface area contributed by atoms with E-state index in [0.29, 0.717) is 0 Å². The lowest BCUT2D eigenvalue weighted by atomic mass is 10.2. The summed E-state index contributed by atoms with van der Waals surface area (Å²) in [4.78, 5) is 2.25. The summed E-state index contributed by atoms with van der Waals surface area (Å²) in [5.74, 6) is -0.184. The highest BCUT2D eigenvalue weighted by atomic mass is 79.9. The van der Waals surface area contributed by atoms with Gasteiger partial charge >= 0.3 is 0 Å². The Morgan fingerprint density at radius 1 is 1.50 bits per heavy atom. The zero-order valence-corrected chi connectivity index (χ0v) is 11.2. The van der Waals surface area contributed by atoms with E-state index in [2.05, 4.69) is 20.8 Å². The zero-order chi connectivity index (χ0) is 10.8. The summed E-state index contributed by atoms with van der Waals surface area (Å²) in [6.07, 6.45) is 1.03. The van der Waals surface area contributed by atoms with Gasteiger partial charge in [0.2, 0.25) is 0 Å². The number of halogens is 3. The third kappa shape index (κ3) is 3.42. The average molecular weight is 310 g/mol. The second-order valence-corrected chi connectivity index (χ2v) is 4.87. The maximum absolute atomic E-state index is 13.0. The summed E-state index contributed by atoms with van der Waals surface area (Å²) >= 11 is 3.43. The predicted molar refractivity (Wildman–Crippen MR) is 69.2 cm³/mol. The van der Waals surface area contributed by atoms with Crippen molar-refractivity contribution in [1.82, 2.24) is 4.90 Å². The molecule has 2 N–H and O–H groups in total. The van der Waals surface area contributed by atoms with Crippen LogP contribution in [0.5, 0.6) is 0 Å². The molecule has 1 aromatic carbocycles. The van der Waals surface area contributed by atoms with Crippen molar-refractivity contribution in [1.29, 1.82) is 0 Å². The second kappa shape index (κ2) is 5.96. The molecule has 1 aliphatic rings. The van der Waals surface area contributed by atoms with E-state index in [1.54, 1.807) is 12.1 Å². The van der Waals surface area contributed by atoms with Crippen LogP contribution in [0.4, 0.5) is 4.39 Å².